The van der Waals surface area contributed by atoms with E-state index >= 15 is 0 Å². The Labute approximate surface area is 101 Å². The monoisotopic (exact) mass is 243 g/mol. The highest BCUT2D eigenvalue weighted by atomic mass is 16.6. The summed E-state index contributed by atoms with van der Waals surface area (Å²) in [4.78, 5) is 22.6. The van der Waals surface area contributed by atoms with E-state index in [0.717, 1.165) is 25.7 Å². The van der Waals surface area contributed by atoms with Crippen LogP contribution in [-0.2, 0) is 4.74 Å². The summed E-state index contributed by atoms with van der Waals surface area (Å²) >= 11 is 0. The van der Waals surface area contributed by atoms with Crippen LogP contribution in [0.2, 0.25) is 0 Å². The molecule has 0 aliphatic heterocycles. The van der Waals surface area contributed by atoms with E-state index in [4.69, 9.17) is 4.74 Å². The molecule has 0 unspecified atom stereocenters. The number of hydrazine groups is 1. The molecule has 0 saturated heterocycles. The predicted molar refractivity (Wildman–Crippen MR) is 63.3 cm³/mol. The molecule has 3 amide bonds. The van der Waals surface area contributed by atoms with Gasteiger partial charge in [0.2, 0.25) is 0 Å². The highest BCUT2D eigenvalue weighted by Gasteiger charge is 2.19. The number of hydrogen-bond acceptors (Lipinski definition) is 3. The molecule has 0 heterocycles. The third-order valence-electron chi connectivity index (χ3n) is 2.37. The van der Waals surface area contributed by atoms with Gasteiger partial charge in [-0.3, -0.25) is 0 Å². The van der Waals surface area contributed by atoms with Crippen LogP contribution in [0.1, 0.15) is 46.5 Å². The minimum Gasteiger partial charge on any atom is -0.443 e. The average Bonchev–Trinajstić information content (AvgIpc) is 2.64. The summed E-state index contributed by atoms with van der Waals surface area (Å²) in [5.41, 5.74) is 3.87. The standard InChI is InChI=1S/C11H21N3O3/c1-11(2,3)17-10(16)14-13-9(15)12-8-6-4-5-7-8/h8H,4-7H2,1-3H3,(H,14,16)(H2,12,13,15). The van der Waals surface area contributed by atoms with Crippen molar-refractivity contribution in [2.24, 2.45) is 0 Å². The van der Waals surface area contributed by atoms with Gasteiger partial charge in [-0.25, -0.2) is 20.4 Å². The van der Waals surface area contributed by atoms with Gasteiger partial charge in [0.25, 0.3) is 0 Å². The first-order valence-corrected chi connectivity index (χ1v) is 5.92. The van der Waals surface area contributed by atoms with Gasteiger partial charge in [-0.2, -0.15) is 0 Å². The van der Waals surface area contributed by atoms with Crippen molar-refractivity contribution >= 4 is 12.1 Å². The fourth-order valence-corrected chi connectivity index (χ4v) is 1.70. The van der Waals surface area contributed by atoms with Crippen molar-refractivity contribution in [2.75, 3.05) is 0 Å². The lowest BCUT2D eigenvalue weighted by molar-refractivity contribution is 0.0504. The fraction of sp³-hybridized carbons (Fsp3) is 0.818. The van der Waals surface area contributed by atoms with Gasteiger partial charge < -0.3 is 10.1 Å². The summed E-state index contributed by atoms with van der Waals surface area (Å²) in [6.07, 6.45) is 3.62. The summed E-state index contributed by atoms with van der Waals surface area (Å²) in [6.45, 7) is 5.27. The zero-order valence-electron chi connectivity index (χ0n) is 10.6. The molecule has 0 spiro atoms. The number of urea groups is 1. The molecule has 98 valence electrons. The Balaban J connectivity index is 2.16. The molecule has 1 fully saturated rings. The Hall–Kier alpha value is -1.46. The zero-order chi connectivity index (χ0) is 12.9. The maximum Gasteiger partial charge on any atom is 0.426 e. The minimum absolute atomic E-state index is 0.218. The topological polar surface area (TPSA) is 79.5 Å². The molecule has 0 aromatic carbocycles. The van der Waals surface area contributed by atoms with Crippen molar-refractivity contribution in [3.05, 3.63) is 0 Å². The number of amides is 3. The Kier molecular flexibility index (Phi) is 4.60. The fourth-order valence-electron chi connectivity index (χ4n) is 1.70. The number of carbonyl (C=O) groups excluding carboxylic acids is 2. The van der Waals surface area contributed by atoms with Crippen molar-refractivity contribution < 1.29 is 14.3 Å². The highest BCUT2D eigenvalue weighted by Crippen LogP contribution is 2.17. The van der Waals surface area contributed by atoms with Crippen LogP contribution in [0.5, 0.6) is 0 Å². The van der Waals surface area contributed by atoms with E-state index in [2.05, 4.69) is 16.2 Å². The van der Waals surface area contributed by atoms with Crippen molar-refractivity contribution in [1.82, 2.24) is 16.2 Å². The van der Waals surface area contributed by atoms with Gasteiger partial charge in [0.1, 0.15) is 5.60 Å². The van der Waals surface area contributed by atoms with E-state index in [9.17, 15) is 9.59 Å². The van der Waals surface area contributed by atoms with E-state index < -0.39 is 17.7 Å². The Morgan fingerprint density at radius 1 is 1.12 bits per heavy atom. The molecule has 0 aromatic rings. The second-order valence-corrected chi connectivity index (χ2v) is 5.21. The lowest BCUT2D eigenvalue weighted by atomic mass is 10.2. The largest absolute Gasteiger partial charge is 0.443 e. The molecule has 1 saturated carbocycles. The quantitative estimate of drug-likeness (QED) is 0.613. The first-order valence-electron chi connectivity index (χ1n) is 5.92. The van der Waals surface area contributed by atoms with E-state index in [1.165, 1.54) is 0 Å². The van der Waals surface area contributed by atoms with Crippen LogP contribution in [0.25, 0.3) is 0 Å². The number of rotatable bonds is 1. The van der Waals surface area contributed by atoms with Gasteiger partial charge >= 0.3 is 12.1 Å². The number of ether oxygens (including phenoxy) is 1. The van der Waals surface area contributed by atoms with Crippen molar-refractivity contribution in [3.8, 4) is 0 Å². The van der Waals surface area contributed by atoms with Gasteiger partial charge in [0.15, 0.2) is 0 Å². The first-order chi connectivity index (χ1) is 7.87. The zero-order valence-corrected chi connectivity index (χ0v) is 10.6. The minimum atomic E-state index is -0.668. The lowest BCUT2D eigenvalue weighted by Gasteiger charge is -2.20. The Morgan fingerprint density at radius 2 is 1.71 bits per heavy atom. The molecule has 1 rings (SSSR count). The van der Waals surface area contributed by atoms with Crippen molar-refractivity contribution in [1.29, 1.82) is 0 Å². The normalized spacial score (nSPS) is 16.4. The molecule has 0 bridgehead atoms. The van der Waals surface area contributed by atoms with Crippen molar-refractivity contribution in [2.45, 2.75) is 58.1 Å². The van der Waals surface area contributed by atoms with E-state index in [1.54, 1.807) is 20.8 Å². The Morgan fingerprint density at radius 3 is 2.24 bits per heavy atom. The summed E-state index contributed by atoms with van der Waals surface area (Å²) < 4.78 is 4.97. The second kappa shape index (κ2) is 5.75. The molecule has 0 radical (unpaired) electrons. The van der Waals surface area contributed by atoms with Gasteiger partial charge in [-0.15, -0.1) is 0 Å². The smallest absolute Gasteiger partial charge is 0.426 e. The van der Waals surface area contributed by atoms with Gasteiger partial charge in [-0.05, 0) is 33.6 Å². The van der Waals surface area contributed by atoms with E-state index in [0.29, 0.717) is 0 Å². The van der Waals surface area contributed by atoms with Crippen LogP contribution < -0.4 is 16.2 Å². The molecular formula is C11H21N3O3. The van der Waals surface area contributed by atoms with E-state index in [-0.39, 0.29) is 6.04 Å². The maximum absolute atomic E-state index is 11.4. The van der Waals surface area contributed by atoms with Crippen molar-refractivity contribution in [3.63, 3.8) is 0 Å². The molecule has 3 N–H and O–H groups in total. The van der Waals surface area contributed by atoms with Crippen LogP contribution in [0.4, 0.5) is 9.59 Å². The number of carbonyl (C=O) groups is 2. The van der Waals surface area contributed by atoms with Gasteiger partial charge in [0.05, 0.1) is 0 Å². The van der Waals surface area contributed by atoms with Crippen LogP contribution in [0.3, 0.4) is 0 Å². The van der Waals surface area contributed by atoms with Crippen LogP contribution in [0.15, 0.2) is 0 Å². The summed E-state index contributed by atoms with van der Waals surface area (Å²) in [6, 6.07) is -0.182. The molecule has 6 heteroatoms. The third kappa shape index (κ3) is 5.99. The molecule has 0 aromatic heterocycles. The summed E-state index contributed by atoms with van der Waals surface area (Å²) in [5, 5.41) is 2.78. The van der Waals surface area contributed by atoms with Gasteiger partial charge in [0, 0.05) is 6.04 Å². The molecule has 1 aliphatic rings. The molecular weight excluding hydrogens is 222 g/mol. The average molecular weight is 243 g/mol. The second-order valence-electron chi connectivity index (χ2n) is 5.21. The molecule has 6 nitrogen and oxygen atoms in total. The van der Waals surface area contributed by atoms with Crippen LogP contribution in [0, 0.1) is 0 Å². The molecule has 17 heavy (non-hydrogen) atoms. The van der Waals surface area contributed by atoms with Crippen LogP contribution in [-0.4, -0.2) is 23.8 Å². The number of hydrogen-bond donors (Lipinski definition) is 3. The predicted octanol–water partition coefficient (Wildman–Crippen LogP) is 1.67. The third-order valence-corrected chi connectivity index (χ3v) is 2.37. The molecule has 0 atom stereocenters. The summed E-state index contributed by atoms with van der Waals surface area (Å²) in [7, 11) is 0. The van der Waals surface area contributed by atoms with Crippen LogP contribution >= 0.6 is 0 Å². The maximum atomic E-state index is 11.4. The first kappa shape index (κ1) is 13.6. The SMILES string of the molecule is CC(C)(C)OC(=O)NNC(=O)NC1CCCC1. The molecule has 1 aliphatic carbocycles. The highest BCUT2D eigenvalue weighted by molar-refractivity contribution is 5.77. The van der Waals surface area contributed by atoms with Gasteiger partial charge in [-0.1, -0.05) is 12.8 Å². The van der Waals surface area contributed by atoms with E-state index in [1.807, 2.05) is 0 Å². The lowest BCUT2D eigenvalue weighted by Crippen LogP contribution is -2.50. The Bertz CT molecular complexity index is 280. The number of nitrogens with one attached hydrogen (secondary N) is 3. The summed E-state index contributed by atoms with van der Waals surface area (Å²) in [5.74, 6) is 0.